The highest BCUT2D eigenvalue weighted by molar-refractivity contribution is 6.18. The van der Waals surface area contributed by atoms with Crippen molar-refractivity contribution >= 4 is 66.8 Å². The third-order valence-corrected chi connectivity index (χ3v) is 11.6. The van der Waals surface area contributed by atoms with E-state index in [1.807, 2.05) is 0 Å². The van der Waals surface area contributed by atoms with E-state index in [2.05, 4.69) is 252 Å². The molecule has 0 radical (unpaired) electrons. The molecule has 288 valence electrons. The predicted molar refractivity (Wildman–Crippen MR) is 257 cm³/mol. The smallest absolute Gasteiger partial charge is 0.139 e. The molecule has 0 aliphatic heterocycles. The van der Waals surface area contributed by atoms with Gasteiger partial charge in [-0.2, -0.15) is 0 Å². The third kappa shape index (κ3) is 6.78. The van der Waals surface area contributed by atoms with Crippen LogP contribution in [0.1, 0.15) is 0 Å². The fourth-order valence-electron chi connectivity index (χ4n) is 8.69. The highest BCUT2D eigenvalue weighted by Gasteiger charge is 2.25. The minimum Gasteiger partial charge on any atom is -0.456 e. The average molecular weight is 781 g/mol. The monoisotopic (exact) mass is 780 g/mol. The molecular weight excluding hydrogens is 741 g/mol. The molecule has 0 saturated carbocycles. The molecule has 0 spiro atoms. The lowest BCUT2D eigenvalue weighted by molar-refractivity contribution is 0.669. The molecule has 3 nitrogen and oxygen atoms in total. The van der Waals surface area contributed by atoms with Crippen molar-refractivity contribution in [3.05, 3.63) is 243 Å². The van der Waals surface area contributed by atoms with E-state index in [1.165, 1.54) is 22.1 Å². The molecule has 0 aliphatic rings. The summed E-state index contributed by atoms with van der Waals surface area (Å²) in [5.74, 6) is 0. The molecule has 1 aromatic heterocycles. The van der Waals surface area contributed by atoms with Gasteiger partial charge in [0.1, 0.15) is 11.2 Å². The Morgan fingerprint density at radius 3 is 1.34 bits per heavy atom. The van der Waals surface area contributed by atoms with Crippen LogP contribution in [-0.4, -0.2) is 0 Å². The van der Waals surface area contributed by atoms with Gasteiger partial charge in [-0.3, -0.25) is 0 Å². The van der Waals surface area contributed by atoms with E-state index in [0.717, 1.165) is 78.1 Å². The van der Waals surface area contributed by atoms with Gasteiger partial charge in [-0.15, -0.1) is 0 Å². The minimum atomic E-state index is 0.808. The van der Waals surface area contributed by atoms with Crippen LogP contribution in [0.2, 0.25) is 0 Å². The van der Waals surface area contributed by atoms with Gasteiger partial charge in [0, 0.05) is 34.1 Å². The Morgan fingerprint density at radius 1 is 0.279 bits per heavy atom. The summed E-state index contributed by atoms with van der Waals surface area (Å²) < 4.78 is 7.00. The first kappa shape index (κ1) is 36.0. The highest BCUT2D eigenvalue weighted by Crippen LogP contribution is 2.50. The zero-order chi connectivity index (χ0) is 40.5. The summed E-state index contributed by atoms with van der Waals surface area (Å²) >= 11 is 0. The summed E-state index contributed by atoms with van der Waals surface area (Å²) in [6.07, 6.45) is 0. The summed E-state index contributed by atoms with van der Waals surface area (Å²) in [7, 11) is 0. The third-order valence-electron chi connectivity index (χ3n) is 11.6. The van der Waals surface area contributed by atoms with Gasteiger partial charge >= 0.3 is 0 Å². The van der Waals surface area contributed by atoms with Gasteiger partial charge in [0.2, 0.25) is 0 Å². The lowest BCUT2D eigenvalue weighted by atomic mass is 9.99. The van der Waals surface area contributed by atoms with E-state index in [9.17, 15) is 0 Å². The zero-order valence-electron chi connectivity index (χ0n) is 33.4. The van der Waals surface area contributed by atoms with Crippen molar-refractivity contribution < 1.29 is 4.42 Å². The summed E-state index contributed by atoms with van der Waals surface area (Å²) in [6, 6.07) is 86.5. The van der Waals surface area contributed by atoms with Gasteiger partial charge < -0.3 is 14.2 Å². The van der Waals surface area contributed by atoms with E-state index in [4.69, 9.17) is 4.42 Å². The van der Waals surface area contributed by atoms with Crippen LogP contribution in [0.3, 0.4) is 0 Å². The molecule has 0 aliphatic carbocycles. The summed E-state index contributed by atoms with van der Waals surface area (Å²) in [5, 5.41) is 4.42. The molecule has 0 N–H and O–H groups in total. The summed E-state index contributed by atoms with van der Waals surface area (Å²) in [4.78, 5) is 4.76. The standard InChI is InChI=1S/C58H40N2O/c1-5-17-41(18-6-1)43-29-33-49(34-30-43)59(48-25-11-4-12-26-48)51-39-55(58-53-37-46-23-13-14-24-47(46)38-56(53)61-57(58)40-51)60(50-35-31-44(32-36-50)42-19-7-2-8-20-42)54-28-16-15-27-52(54)45-21-9-3-10-22-45/h1-40H. The lowest BCUT2D eigenvalue weighted by Gasteiger charge is -2.31. The minimum absolute atomic E-state index is 0.808. The SMILES string of the molecule is c1ccc(-c2ccc(N(c3ccccc3)c3cc(N(c4ccc(-c5ccccc5)cc4)c4ccccc4-c4ccccc4)c4c(c3)oc3cc5ccccc5cc34)cc2)cc1. The van der Waals surface area contributed by atoms with E-state index in [1.54, 1.807) is 0 Å². The average Bonchev–Trinajstić information content (AvgIpc) is 3.70. The van der Waals surface area contributed by atoms with Crippen LogP contribution in [0.5, 0.6) is 0 Å². The van der Waals surface area contributed by atoms with E-state index < -0.39 is 0 Å². The normalized spacial score (nSPS) is 11.3. The number of nitrogens with zero attached hydrogens (tertiary/aromatic N) is 2. The molecule has 0 bridgehead atoms. The van der Waals surface area contributed by atoms with Crippen molar-refractivity contribution in [2.45, 2.75) is 0 Å². The van der Waals surface area contributed by atoms with Gasteiger partial charge in [0.15, 0.2) is 0 Å². The van der Waals surface area contributed by atoms with Gasteiger partial charge in [-0.1, -0.05) is 176 Å². The maximum Gasteiger partial charge on any atom is 0.139 e. The van der Waals surface area contributed by atoms with Crippen LogP contribution >= 0.6 is 0 Å². The molecule has 0 saturated heterocycles. The molecule has 0 fully saturated rings. The fraction of sp³-hybridized carbons (Fsp3) is 0. The van der Waals surface area contributed by atoms with Crippen molar-refractivity contribution in [1.82, 2.24) is 0 Å². The van der Waals surface area contributed by atoms with Gasteiger partial charge in [-0.25, -0.2) is 0 Å². The quantitative estimate of drug-likeness (QED) is 0.145. The maximum absolute atomic E-state index is 7.00. The molecule has 0 amide bonds. The van der Waals surface area contributed by atoms with Crippen LogP contribution in [-0.2, 0) is 0 Å². The Bertz CT molecular complexity index is 3270. The number of hydrogen-bond donors (Lipinski definition) is 0. The second-order valence-electron chi connectivity index (χ2n) is 15.4. The largest absolute Gasteiger partial charge is 0.456 e. The first-order valence-electron chi connectivity index (χ1n) is 20.7. The zero-order valence-corrected chi connectivity index (χ0v) is 33.4. The van der Waals surface area contributed by atoms with Crippen molar-refractivity contribution in [3.8, 4) is 33.4 Å². The Hall–Kier alpha value is -8.14. The van der Waals surface area contributed by atoms with Crippen molar-refractivity contribution in [2.24, 2.45) is 0 Å². The highest BCUT2D eigenvalue weighted by atomic mass is 16.3. The molecular formula is C58H40N2O. The Kier molecular flexibility index (Phi) is 9.18. The second kappa shape index (κ2) is 15.6. The molecule has 11 rings (SSSR count). The van der Waals surface area contributed by atoms with Gasteiger partial charge in [0.05, 0.1) is 22.4 Å². The van der Waals surface area contributed by atoms with Crippen LogP contribution in [0.25, 0.3) is 66.1 Å². The molecule has 0 unspecified atom stereocenters. The van der Waals surface area contributed by atoms with Crippen LogP contribution in [0.15, 0.2) is 247 Å². The number of para-hydroxylation sites is 2. The van der Waals surface area contributed by atoms with Crippen molar-refractivity contribution in [3.63, 3.8) is 0 Å². The number of furan rings is 1. The van der Waals surface area contributed by atoms with Crippen molar-refractivity contribution in [1.29, 1.82) is 0 Å². The molecule has 1 heterocycles. The van der Waals surface area contributed by atoms with Crippen LogP contribution in [0.4, 0.5) is 34.1 Å². The van der Waals surface area contributed by atoms with E-state index in [0.29, 0.717) is 0 Å². The van der Waals surface area contributed by atoms with Crippen LogP contribution in [0, 0.1) is 0 Å². The predicted octanol–water partition coefficient (Wildman–Crippen LogP) is 16.7. The number of rotatable bonds is 9. The van der Waals surface area contributed by atoms with Crippen LogP contribution < -0.4 is 9.80 Å². The summed E-state index contributed by atoms with van der Waals surface area (Å²) in [6.45, 7) is 0. The molecule has 3 heteroatoms. The second-order valence-corrected chi connectivity index (χ2v) is 15.4. The molecule has 61 heavy (non-hydrogen) atoms. The number of fused-ring (bicyclic) bond motifs is 4. The fourth-order valence-corrected chi connectivity index (χ4v) is 8.69. The number of anilines is 6. The molecule has 11 aromatic rings. The van der Waals surface area contributed by atoms with Crippen molar-refractivity contribution in [2.75, 3.05) is 9.80 Å². The number of hydrogen-bond acceptors (Lipinski definition) is 3. The first-order chi connectivity index (χ1) is 30.2. The number of benzene rings is 10. The van der Waals surface area contributed by atoms with Gasteiger partial charge in [0.25, 0.3) is 0 Å². The lowest BCUT2D eigenvalue weighted by Crippen LogP contribution is -2.14. The summed E-state index contributed by atoms with van der Waals surface area (Å²) in [5.41, 5.74) is 14.8. The topological polar surface area (TPSA) is 19.6 Å². The van der Waals surface area contributed by atoms with E-state index >= 15 is 0 Å². The first-order valence-corrected chi connectivity index (χ1v) is 20.7. The Balaban J connectivity index is 1.20. The Labute approximate surface area is 355 Å². The molecule has 0 atom stereocenters. The van der Waals surface area contributed by atoms with Gasteiger partial charge in [-0.05, 0) is 99.3 Å². The maximum atomic E-state index is 7.00. The van der Waals surface area contributed by atoms with E-state index in [-0.39, 0.29) is 0 Å². The molecule has 10 aromatic carbocycles. The Morgan fingerprint density at radius 2 is 0.738 bits per heavy atom.